The molecule has 1 aromatic rings. The van der Waals surface area contributed by atoms with Crippen LogP contribution < -0.4 is 5.32 Å². The van der Waals surface area contributed by atoms with Gasteiger partial charge in [-0.2, -0.15) is 0 Å². The van der Waals surface area contributed by atoms with Crippen LogP contribution in [0.5, 0.6) is 0 Å². The van der Waals surface area contributed by atoms with Crippen molar-refractivity contribution in [3.63, 3.8) is 0 Å². The summed E-state index contributed by atoms with van der Waals surface area (Å²) in [5.74, 6) is 0.781. The van der Waals surface area contributed by atoms with Crippen molar-refractivity contribution in [3.05, 3.63) is 32.4 Å². The maximum Gasteiger partial charge on any atom is 0.0410 e. The highest BCUT2D eigenvalue weighted by atomic mass is 127. The van der Waals surface area contributed by atoms with Crippen LogP contribution in [-0.4, -0.2) is 6.54 Å². The molecule has 0 radical (unpaired) electrons. The SMILES string of the molecule is CCCNC(c1cc(Cl)ccc1I)C1CCCC1. The summed E-state index contributed by atoms with van der Waals surface area (Å²) < 4.78 is 1.33. The number of benzene rings is 1. The molecule has 1 aromatic carbocycles. The highest BCUT2D eigenvalue weighted by molar-refractivity contribution is 14.1. The predicted octanol–water partition coefficient (Wildman–Crippen LogP) is 5.18. The summed E-state index contributed by atoms with van der Waals surface area (Å²) in [6.07, 6.45) is 6.65. The van der Waals surface area contributed by atoms with Gasteiger partial charge in [0.15, 0.2) is 0 Å². The predicted molar refractivity (Wildman–Crippen MR) is 87.2 cm³/mol. The number of halogens is 2. The summed E-state index contributed by atoms with van der Waals surface area (Å²) in [6, 6.07) is 6.75. The van der Waals surface area contributed by atoms with E-state index in [0.717, 1.165) is 17.5 Å². The summed E-state index contributed by atoms with van der Waals surface area (Å²) in [4.78, 5) is 0. The first-order valence-corrected chi connectivity index (χ1v) is 8.36. The van der Waals surface area contributed by atoms with Gasteiger partial charge in [-0.15, -0.1) is 0 Å². The molecular formula is C15H21ClIN. The van der Waals surface area contributed by atoms with E-state index < -0.39 is 0 Å². The van der Waals surface area contributed by atoms with Gasteiger partial charge in [0.05, 0.1) is 0 Å². The molecule has 1 aliphatic rings. The molecule has 2 rings (SSSR count). The Bertz CT molecular complexity index is 388. The Balaban J connectivity index is 2.23. The fourth-order valence-electron chi connectivity index (χ4n) is 2.87. The second-order valence-electron chi connectivity index (χ2n) is 5.14. The van der Waals surface area contributed by atoms with E-state index in [1.54, 1.807) is 0 Å². The standard InChI is InChI=1S/C15H21ClIN/c1-2-9-18-15(11-5-3-4-6-11)13-10-12(16)7-8-14(13)17/h7-8,10-11,15,18H,2-6,9H2,1H3. The molecule has 1 fully saturated rings. The zero-order valence-corrected chi connectivity index (χ0v) is 13.8. The monoisotopic (exact) mass is 377 g/mol. The molecule has 100 valence electrons. The lowest BCUT2D eigenvalue weighted by molar-refractivity contribution is 0.367. The van der Waals surface area contributed by atoms with Gasteiger partial charge < -0.3 is 5.32 Å². The quantitative estimate of drug-likeness (QED) is 0.698. The van der Waals surface area contributed by atoms with Crippen molar-refractivity contribution >= 4 is 34.2 Å². The Morgan fingerprint density at radius 3 is 2.78 bits per heavy atom. The largest absolute Gasteiger partial charge is 0.310 e. The normalized spacial score (nSPS) is 18.2. The van der Waals surface area contributed by atoms with Crippen LogP contribution in [0.25, 0.3) is 0 Å². The van der Waals surface area contributed by atoms with Crippen molar-refractivity contribution < 1.29 is 0 Å². The number of rotatable bonds is 5. The fourth-order valence-corrected chi connectivity index (χ4v) is 3.73. The first-order chi connectivity index (χ1) is 8.72. The van der Waals surface area contributed by atoms with Crippen LogP contribution >= 0.6 is 34.2 Å². The molecule has 0 saturated heterocycles. The van der Waals surface area contributed by atoms with Crippen molar-refractivity contribution in [2.45, 2.75) is 45.1 Å². The van der Waals surface area contributed by atoms with Crippen molar-refractivity contribution in [3.8, 4) is 0 Å². The summed E-state index contributed by atoms with van der Waals surface area (Å²) in [5, 5.41) is 4.59. The molecule has 1 atom stereocenters. The summed E-state index contributed by atoms with van der Waals surface area (Å²) in [7, 11) is 0. The van der Waals surface area contributed by atoms with Crippen molar-refractivity contribution in [1.29, 1.82) is 0 Å². The Labute approximate surface area is 129 Å². The van der Waals surface area contributed by atoms with E-state index in [9.17, 15) is 0 Å². The summed E-state index contributed by atoms with van der Waals surface area (Å²) in [5.41, 5.74) is 1.39. The third-order valence-corrected chi connectivity index (χ3v) is 5.00. The molecule has 0 aromatic heterocycles. The molecule has 0 bridgehead atoms. The fraction of sp³-hybridized carbons (Fsp3) is 0.600. The molecule has 1 saturated carbocycles. The Morgan fingerprint density at radius 1 is 1.39 bits per heavy atom. The Hall–Kier alpha value is 0.200. The Morgan fingerprint density at radius 2 is 2.11 bits per heavy atom. The second kappa shape index (κ2) is 7.11. The molecule has 1 nitrogen and oxygen atoms in total. The molecule has 0 aliphatic heterocycles. The molecule has 18 heavy (non-hydrogen) atoms. The number of nitrogens with one attached hydrogen (secondary N) is 1. The maximum atomic E-state index is 6.17. The van der Waals surface area contributed by atoms with Gasteiger partial charge in [-0.25, -0.2) is 0 Å². The zero-order valence-electron chi connectivity index (χ0n) is 10.9. The van der Waals surface area contributed by atoms with E-state index in [1.165, 1.54) is 41.2 Å². The summed E-state index contributed by atoms with van der Waals surface area (Å²) >= 11 is 8.60. The molecule has 1 unspecified atom stereocenters. The van der Waals surface area contributed by atoms with Gasteiger partial charge in [0.1, 0.15) is 0 Å². The lowest BCUT2D eigenvalue weighted by Crippen LogP contribution is -2.28. The average molecular weight is 378 g/mol. The van der Waals surface area contributed by atoms with Gasteiger partial charge in [0.25, 0.3) is 0 Å². The van der Waals surface area contributed by atoms with Gasteiger partial charge in [-0.1, -0.05) is 31.4 Å². The minimum Gasteiger partial charge on any atom is -0.310 e. The number of hydrogen-bond acceptors (Lipinski definition) is 1. The van der Waals surface area contributed by atoms with Gasteiger partial charge in [0, 0.05) is 14.6 Å². The lowest BCUT2D eigenvalue weighted by Gasteiger charge is -2.26. The molecule has 0 spiro atoms. The maximum absolute atomic E-state index is 6.17. The van der Waals surface area contributed by atoms with Crippen molar-refractivity contribution in [1.82, 2.24) is 5.32 Å². The third-order valence-electron chi connectivity index (χ3n) is 3.78. The molecular weight excluding hydrogens is 357 g/mol. The molecule has 3 heteroatoms. The first kappa shape index (κ1) is 14.6. The van der Waals surface area contributed by atoms with Gasteiger partial charge in [-0.05, 0) is 78.1 Å². The van der Waals surface area contributed by atoms with Crippen molar-refractivity contribution in [2.24, 2.45) is 5.92 Å². The highest BCUT2D eigenvalue weighted by Gasteiger charge is 2.27. The molecule has 0 heterocycles. The van der Waals surface area contributed by atoms with E-state index >= 15 is 0 Å². The second-order valence-corrected chi connectivity index (χ2v) is 6.74. The van der Waals surface area contributed by atoms with E-state index in [4.69, 9.17) is 11.6 Å². The number of hydrogen-bond donors (Lipinski definition) is 1. The van der Waals surface area contributed by atoms with Crippen LogP contribution in [0.2, 0.25) is 5.02 Å². The van der Waals surface area contributed by atoms with Crippen LogP contribution in [0.15, 0.2) is 18.2 Å². The van der Waals surface area contributed by atoms with Gasteiger partial charge in [0.2, 0.25) is 0 Å². The average Bonchev–Trinajstić information content (AvgIpc) is 2.88. The highest BCUT2D eigenvalue weighted by Crippen LogP contribution is 2.38. The van der Waals surface area contributed by atoms with Gasteiger partial charge in [-0.3, -0.25) is 0 Å². The molecule has 1 aliphatic carbocycles. The van der Waals surface area contributed by atoms with E-state index in [1.807, 2.05) is 6.07 Å². The zero-order chi connectivity index (χ0) is 13.0. The summed E-state index contributed by atoms with van der Waals surface area (Å²) in [6.45, 7) is 3.31. The van der Waals surface area contributed by atoms with Crippen LogP contribution in [0.1, 0.15) is 50.6 Å². The minimum atomic E-state index is 0.484. The van der Waals surface area contributed by atoms with E-state index in [2.05, 4.69) is 47.0 Å². The van der Waals surface area contributed by atoms with Crippen LogP contribution in [0.3, 0.4) is 0 Å². The van der Waals surface area contributed by atoms with E-state index in [-0.39, 0.29) is 0 Å². The van der Waals surface area contributed by atoms with Crippen LogP contribution in [0.4, 0.5) is 0 Å². The van der Waals surface area contributed by atoms with Gasteiger partial charge >= 0.3 is 0 Å². The lowest BCUT2D eigenvalue weighted by atomic mass is 9.91. The minimum absolute atomic E-state index is 0.484. The van der Waals surface area contributed by atoms with Crippen molar-refractivity contribution in [2.75, 3.05) is 6.54 Å². The van der Waals surface area contributed by atoms with E-state index in [0.29, 0.717) is 6.04 Å². The molecule has 1 N–H and O–H groups in total. The van der Waals surface area contributed by atoms with Crippen LogP contribution in [-0.2, 0) is 0 Å². The Kier molecular flexibility index (Phi) is 5.77. The topological polar surface area (TPSA) is 12.0 Å². The third kappa shape index (κ3) is 3.61. The molecule has 0 amide bonds. The first-order valence-electron chi connectivity index (χ1n) is 6.90. The smallest absolute Gasteiger partial charge is 0.0410 e. The van der Waals surface area contributed by atoms with Crippen LogP contribution in [0, 0.1) is 9.49 Å².